The van der Waals surface area contributed by atoms with Crippen LogP contribution < -0.4 is 11.1 Å². The second-order valence-corrected chi connectivity index (χ2v) is 11.5. The molecule has 1 aromatic rings. The summed E-state index contributed by atoms with van der Waals surface area (Å²) in [6, 6.07) is 3.10. The van der Waals surface area contributed by atoms with Crippen molar-refractivity contribution in [2.75, 3.05) is 19.7 Å². The van der Waals surface area contributed by atoms with E-state index in [1.165, 1.54) is 10.4 Å². The molecule has 2 aliphatic heterocycles. The maximum Gasteiger partial charge on any atom is 0.235 e. The van der Waals surface area contributed by atoms with Crippen molar-refractivity contribution in [2.45, 2.75) is 82.9 Å². The van der Waals surface area contributed by atoms with Crippen LogP contribution >= 0.6 is 11.3 Å². The molecule has 3 heterocycles. The van der Waals surface area contributed by atoms with Crippen molar-refractivity contribution >= 4 is 23.2 Å². The van der Waals surface area contributed by atoms with Crippen LogP contribution in [-0.2, 0) is 32.8 Å². The number of primary amides is 1. The van der Waals surface area contributed by atoms with Crippen molar-refractivity contribution < 1.29 is 14.3 Å². The van der Waals surface area contributed by atoms with Crippen LogP contribution in [0.15, 0.2) is 6.07 Å². The molecule has 1 saturated heterocycles. The quantitative estimate of drug-likeness (QED) is 0.660. The van der Waals surface area contributed by atoms with Crippen molar-refractivity contribution in [2.24, 2.45) is 17.1 Å². The highest BCUT2D eigenvalue weighted by Gasteiger charge is 2.56. The normalized spacial score (nSPS) is 34.1. The first-order valence-electron chi connectivity index (χ1n) is 12.0. The molecule has 31 heavy (non-hydrogen) atoms. The van der Waals surface area contributed by atoms with E-state index in [2.05, 4.69) is 30.1 Å². The molecule has 4 aliphatic rings. The topological polar surface area (TPSA) is 84.7 Å². The highest BCUT2D eigenvalue weighted by molar-refractivity contribution is 7.12. The van der Waals surface area contributed by atoms with E-state index in [1.54, 1.807) is 4.88 Å². The van der Waals surface area contributed by atoms with Gasteiger partial charge < -0.3 is 20.7 Å². The van der Waals surface area contributed by atoms with Crippen LogP contribution in [-0.4, -0.2) is 48.5 Å². The van der Waals surface area contributed by atoms with Crippen molar-refractivity contribution in [3.63, 3.8) is 0 Å². The lowest BCUT2D eigenvalue weighted by molar-refractivity contribution is -0.136. The number of nitrogens with one attached hydrogen (secondary N) is 1. The number of nitrogens with two attached hydrogens (primary N) is 1. The number of thiophene rings is 1. The van der Waals surface area contributed by atoms with E-state index >= 15 is 0 Å². The number of carbonyl (C=O) groups is 2. The van der Waals surface area contributed by atoms with Crippen LogP contribution in [0, 0.1) is 11.3 Å². The second-order valence-electron chi connectivity index (χ2n) is 10.2. The summed E-state index contributed by atoms with van der Waals surface area (Å²) in [5, 5.41) is 3.07. The molecule has 1 aromatic heterocycles. The SMILES string of the molecule is CCc1cc2c(s1)CCO[C@@]21CCN(CC2CC(NC(=O)C3(C(N)=O)CC3)C2)[C@@H](C)C1. The molecule has 2 saturated carbocycles. The molecule has 170 valence electrons. The molecule has 3 N–H and O–H groups in total. The van der Waals surface area contributed by atoms with E-state index < -0.39 is 11.3 Å². The fraction of sp³-hybridized carbons (Fsp3) is 0.750. The molecule has 3 fully saturated rings. The number of rotatable bonds is 6. The summed E-state index contributed by atoms with van der Waals surface area (Å²) in [4.78, 5) is 29.6. The molecule has 2 atom stereocenters. The zero-order chi connectivity index (χ0) is 21.8. The minimum absolute atomic E-state index is 0.0864. The minimum atomic E-state index is -0.904. The maximum atomic E-state index is 12.4. The highest BCUT2D eigenvalue weighted by Crippen LogP contribution is 2.48. The zero-order valence-electron chi connectivity index (χ0n) is 18.7. The number of aryl methyl sites for hydroxylation is 1. The lowest BCUT2D eigenvalue weighted by atomic mass is 9.76. The molecular formula is C24H35N3O3S. The predicted octanol–water partition coefficient (Wildman–Crippen LogP) is 2.72. The molecule has 1 spiro atoms. The van der Waals surface area contributed by atoms with E-state index in [4.69, 9.17) is 10.5 Å². The third-order valence-electron chi connectivity index (χ3n) is 8.18. The number of hydrogen-bond donors (Lipinski definition) is 2. The Kier molecular flexibility index (Phi) is 5.42. The molecule has 0 bridgehead atoms. The van der Waals surface area contributed by atoms with Crippen LogP contribution in [0.1, 0.15) is 67.7 Å². The van der Waals surface area contributed by atoms with Crippen LogP contribution in [0.2, 0.25) is 0 Å². The van der Waals surface area contributed by atoms with Crippen LogP contribution in [0.4, 0.5) is 0 Å². The van der Waals surface area contributed by atoms with Crippen molar-refractivity contribution in [3.8, 4) is 0 Å². The van der Waals surface area contributed by atoms with Crippen LogP contribution in [0.3, 0.4) is 0 Å². The molecule has 0 radical (unpaired) electrons. The predicted molar refractivity (Wildman–Crippen MR) is 121 cm³/mol. The Morgan fingerprint density at radius 1 is 1.32 bits per heavy atom. The maximum absolute atomic E-state index is 12.4. The Morgan fingerprint density at radius 3 is 2.74 bits per heavy atom. The fourth-order valence-electron chi connectivity index (χ4n) is 5.91. The Labute approximate surface area is 188 Å². The van der Waals surface area contributed by atoms with Gasteiger partial charge in [-0.3, -0.25) is 9.59 Å². The third-order valence-corrected chi connectivity index (χ3v) is 9.52. The van der Waals surface area contributed by atoms with Gasteiger partial charge in [0.15, 0.2) is 0 Å². The first-order chi connectivity index (χ1) is 14.8. The molecule has 5 rings (SSSR count). The molecule has 2 aliphatic carbocycles. The summed E-state index contributed by atoms with van der Waals surface area (Å²) in [6.45, 7) is 7.58. The summed E-state index contributed by atoms with van der Waals surface area (Å²) < 4.78 is 6.47. The summed E-state index contributed by atoms with van der Waals surface area (Å²) >= 11 is 1.98. The van der Waals surface area contributed by atoms with Gasteiger partial charge in [-0.1, -0.05) is 6.92 Å². The van der Waals surface area contributed by atoms with Crippen molar-refractivity contribution in [3.05, 3.63) is 21.4 Å². The van der Waals surface area contributed by atoms with E-state index in [-0.39, 0.29) is 17.6 Å². The van der Waals surface area contributed by atoms with Gasteiger partial charge in [-0.05, 0) is 69.4 Å². The number of carbonyl (C=O) groups excluding carboxylic acids is 2. The summed E-state index contributed by atoms with van der Waals surface area (Å²) in [6.07, 6.45) is 7.50. The number of piperidine rings is 1. The van der Waals surface area contributed by atoms with Gasteiger partial charge in [0.25, 0.3) is 0 Å². The van der Waals surface area contributed by atoms with Gasteiger partial charge in [0, 0.05) is 41.3 Å². The molecule has 2 amide bonds. The standard InChI is InChI=1S/C24H35N3O3S/c1-3-18-12-19-20(31-18)4-9-30-24(19)7-8-27(15(2)13-24)14-16-10-17(11-16)26-22(29)23(5-6-23)21(25)28/h12,15-17H,3-11,13-14H2,1-2H3,(H2,25,28)(H,26,29)/t15-,16?,17?,24+/m0/s1. The van der Waals surface area contributed by atoms with Crippen LogP contribution in [0.5, 0.6) is 0 Å². The third kappa shape index (κ3) is 3.72. The number of amides is 2. The van der Waals surface area contributed by atoms with Gasteiger partial charge in [0.1, 0.15) is 5.41 Å². The van der Waals surface area contributed by atoms with Crippen molar-refractivity contribution in [1.29, 1.82) is 0 Å². The number of hydrogen-bond acceptors (Lipinski definition) is 5. The van der Waals surface area contributed by atoms with Gasteiger partial charge in [-0.2, -0.15) is 0 Å². The highest BCUT2D eigenvalue weighted by atomic mass is 32.1. The summed E-state index contributed by atoms with van der Waals surface area (Å²) in [5.74, 6) is -0.00730. The average Bonchev–Trinajstić information content (AvgIpc) is 3.42. The Morgan fingerprint density at radius 2 is 2.10 bits per heavy atom. The largest absolute Gasteiger partial charge is 0.370 e. The number of ether oxygens (including phenoxy) is 1. The molecule has 0 aromatic carbocycles. The first kappa shape index (κ1) is 21.4. The average molecular weight is 446 g/mol. The van der Waals surface area contributed by atoms with Crippen molar-refractivity contribution in [1.82, 2.24) is 10.2 Å². The van der Waals surface area contributed by atoms with Gasteiger partial charge >= 0.3 is 0 Å². The Balaban J connectivity index is 1.14. The van der Waals surface area contributed by atoms with E-state index in [0.717, 1.165) is 58.2 Å². The van der Waals surface area contributed by atoms with Gasteiger partial charge in [-0.15, -0.1) is 11.3 Å². The number of nitrogens with zero attached hydrogens (tertiary/aromatic N) is 1. The lowest BCUT2D eigenvalue weighted by Gasteiger charge is -2.49. The number of fused-ring (bicyclic) bond motifs is 2. The minimum Gasteiger partial charge on any atom is -0.370 e. The molecule has 0 unspecified atom stereocenters. The Hall–Kier alpha value is -1.44. The van der Waals surface area contributed by atoms with Crippen LogP contribution in [0.25, 0.3) is 0 Å². The zero-order valence-corrected chi connectivity index (χ0v) is 19.6. The first-order valence-corrected chi connectivity index (χ1v) is 12.8. The van der Waals surface area contributed by atoms with Gasteiger partial charge in [-0.25, -0.2) is 0 Å². The summed E-state index contributed by atoms with van der Waals surface area (Å²) in [5.41, 5.74) is 5.90. The molecule has 6 nitrogen and oxygen atoms in total. The monoisotopic (exact) mass is 445 g/mol. The van der Waals surface area contributed by atoms with Gasteiger partial charge in [0.2, 0.25) is 11.8 Å². The summed E-state index contributed by atoms with van der Waals surface area (Å²) in [7, 11) is 0. The van der Waals surface area contributed by atoms with Gasteiger partial charge in [0.05, 0.1) is 12.2 Å². The fourth-order valence-corrected chi connectivity index (χ4v) is 7.09. The second kappa shape index (κ2) is 7.85. The van der Waals surface area contributed by atoms with E-state index in [1.807, 2.05) is 11.3 Å². The molecule has 7 heteroatoms. The Bertz CT molecular complexity index is 873. The van der Waals surface area contributed by atoms with E-state index in [9.17, 15) is 9.59 Å². The molecular weight excluding hydrogens is 410 g/mol. The smallest absolute Gasteiger partial charge is 0.235 e. The number of likely N-dealkylation sites (tertiary alicyclic amines) is 1. The lowest BCUT2D eigenvalue weighted by Crippen LogP contribution is -2.55. The van der Waals surface area contributed by atoms with E-state index in [0.29, 0.717) is 24.8 Å².